The molecule has 1 heterocycles. The van der Waals surface area contributed by atoms with Crippen molar-refractivity contribution in [2.75, 3.05) is 31.0 Å². The van der Waals surface area contributed by atoms with E-state index in [9.17, 15) is 0 Å². The molecule has 0 fully saturated rings. The van der Waals surface area contributed by atoms with Crippen molar-refractivity contribution in [3.05, 3.63) is 17.0 Å². The van der Waals surface area contributed by atoms with Gasteiger partial charge < -0.3 is 10.1 Å². The molecule has 1 rings (SSSR count). The van der Waals surface area contributed by atoms with Crippen LogP contribution in [0.15, 0.2) is 6.07 Å². The number of ether oxygens (including phenoxy) is 1. The van der Waals surface area contributed by atoms with Gasteiger partial charge in [-0.2, -0.15) is 11.8 Å². The van der Waals surface area contributed by atoms with Crippen molar-refractivity contribution in [2.24, 2.45) is 0 Å². The molecule has 1 aromatic heterocycles. The maximum atomic E-state index is 5.93. The van der Waals surface area contributed by atoms with Gasteiger partial charge >= 0.3 is 0 Å². The molecule has 0 amide bonds. The molecule has 0 aromatic carbocycles. The second kappa shape index (κ2) is 10.3. The van der Waals surface area contributed by atoms with E-state index in [0.717, 1.165) is 18.8 Å². The highest BCUT2D eigenvalue weighted by atomic mass is 35.5. The van der Waals surface area contributed by atoms with Gasteiger partial charge in [-0.05, 0) is 24.9 Å². The SMILES string of the molecule is COCc1nc(Cl)cc(NCCCCCCSC)n1. The summed E-state index contributed by atoms with van der Waals surface area (Å²) in [5, 5.41) is 3.73. The van der Waals surface area contributed by atoms with Crippen LogP contribution in [-0.2, 0) is 11.3 Å². The van der Waals surface area contributed by atoms with Crippen LogP contribution in [0.4, 0.5) is 5.82 Å². The Balaban J connectivity index is 2.25. The molecule has 0 radical (unpaired) electrons. The fourth-order valence-corrected chi connectivity index (χ4v) is 2.38. The summed E-state index contributed by atoms with van der Waals surface area (Å²) in [4.78, 5) is 8.42. The fraction of sp³-hybridized carbons (Fsp3) is 0.692. The van der Waals surface area contributed by atoms with Gasteiger partial charge in [0.05, 0.1) is 0 Å². The minimum absolute atomic E-state index is 0.379. The molecular formula is C13H22ClN3OS. The first-order valence-corrected chi connectivity index (χ1v) is 8.28. The van der Waals surface area contributed by atoms with Gasteiger partial charge in [-0.1, -0.05) is 24.4 Å². The van der Waals surface area contributed by atoms with Gasteiger partial charge in [0.1, 0.15) is 17.6 Å². The first kappa shape index (κ1) is 16.5. The molecule has 4 nitrogen and oxygen atoms in total. The second-order valence-corrected chi connectivity index (χ2v) is 5.63. The molecule has 1 N–H and O–H groups in total. The molecule has 0 atom stereocenters. The summed E-state index contributed by atoms with van der Waals surface area (Å²) in [6.07, 6.45) is 7.14. The normalized spacial score (nSPS) is 10.7. The number of unbranched alkanes of at least 4 members (excludes halogenated alkanes) is 3. The Kier molecular flexibility index (Phi) is 8.95. The number of nitrogens with zero attached hydrogens (tertiary/aromatic N) is 2. The fourth-order valence-electron chi connectivity index (χ4n) is 1.69. The van der Waals surface area contributed by atoms with E-state index in [1.165, 1.54) is 25.0 Å². The smallest absolute Gasteiger partial charge is 0.158 e. The first-order chi connectivity index (χ1) is 9.26. The summed E-state index contributed by atoms with van der Waals surface area (Å²) in [5.41, 5.74) is 0. The Labute approximate surface area is 124 Å². The zero-order chi connectivity index (χ0) is 13.9. The van der Waals surface area contributed by atoms with Gasteiger partial charge in [0.2, 0.25) is 0 Å². The summed E-state index contributed by atoms with van der Waals surface area (Å²) in [5.74, 6) is 2.64. The Morgan fingerprint density at radius 1 is 1.26 bits per heavy atom. The Morgan fingerprint density at radius 2 is 2.05 bits per heavy atom. The lowest BCUT2D eigenvalue weighted by Crippen LogP contribution is -2.06. The lowest BCUT2D eigenvalue weighted by Gasteiger charge is -2.07. The first-order valence-electron chi connectivity index (χ1n) is 6.51. The van der Waals surface area contributed by atoms with Crippen LogP contribution >= 0.6 is 23.4 Å². The van der Waals surface area contributed by atoms with Crippen molar-refractivity contribution in [3.8, 4) is 0 Å². The molecule has 1 aromatic rings. The highest BCUT2D eigenvalue weighted by Crippen LogP contribution is 2.12. The van der Waals surface area contributed by atoms with Crippen molar-refractivity contribution in [3.63, 3.8) is 0 Å². The Morgan fingerprint density at radius 3 is 2.79 bits per heavy atom. The minimum atomic E-state index is 0.379. The minimum Gasteiger partial charge on any atom is -0.377 e. The monoisotopic (exact) mass is 303 g/mol. The summed E-state index contributed by atoms with van der Waals surface area (Å²) in [7, 11) is 1.62. The lowest BCUT2D eigenvalue weighted by molar-refractivity contribution is 0.178. The van der Waals surface area contributed by atoms with Crippen LogP contribution in [0.25, 0.3) is 0 Å². The van der Waals surface area contributed by atoms with Crippen LogP contribution < -0.4 is 5.32 Å². The van der Waals surface area contributed by atoms with E-state index >= 15 is 0 Å². The topological polar surface area (TPSA) is 47.0 Å². The van der Waals surface area contributed by atoms with Crippen molar-refractivity contribution in [1.29, 1.82) is 0 Å². The molecule has 108 valence electrons. The molecule has 0 spiro atoms. The van der Waals surface area contributed by atoms with Crippen molar-refractivity contribution < 1.29 is 4.74 Å². The average Bonchev–Trinajstić information content (AvgIpc) is 2.37. The van der Waals surface area contributed by atoms with Gasteiger partial charge in [0, 0.05) is 19.7 Å². The number of hydrogen-bond donors (Lipinski definition) is 1. The van der Waals surface area contributed by atoms with E-state index in [1.54, 1.807) is 13.2 Å². The molecular weight excluding hydrogens is 282 g/mol. The van der Waals surface area contributed by atoms with E-state index in [1.807, 2.05) is 11.8 Å². The van der Waals surface area contributed by atoms with E-state index in [4.69, 9.17) is 16.3 Å². The molecule has 6 heteroatoms. The van der Waals surface area contributed by atoms with E-state index in [2.05, 4.69) is 21.5 Å². The summed E-state index contributed by atoms with van der Waals surface area (Å²) >= 11 is 7.85. The van der Waals surface area contributed by atoms with Gasteiger partial charge in [0.25, 0.3) is 0 Å². The van der Waals surface area contributed by atoms with E-state index in [0.29, 0.717) is 17.6 Å². The molecule has 0 aliphatic rings. The third kappa shape index (κ3) is 7.60. The van der Waals surface area contributed by atoms with E-state index < -0.39 is 0 Å². The summed E-state index contributed by atoms with van der Waals surface area (Å²) in [6.45, 7) is 1.29. The van der Waals surface area contributed by atoms with Crippen LogP contribution in [0, 0.1) is 0 Å². The quantitative estimate of drug-likeness (QED) is 0.528. The highest BCUT2D eigenvalue weighted by molar-refractivity contribution is 7.98. The number of nitrogens with one attached hydrogen (secondary N) is 1. The zero-order valence-electron chi connectivity index (χ0n) is 11.6. The largest absolute Gasteiger partial charge is 0.377 e. The van der Waals surface area contributed by atoms with Gasteiger partial charge in [-0.3, -0.25) is 0 Å². The number of thioether (sulfide) groups is 1. The highest BCUT2D eigenvalue weighted by Gasteiger charge is 2.02. The Hall–Kier alpha value is -0.520. The molecule has 0 bridgehead atoms. The predicted molar refractivity (Wildman–Crippen MR) is 83.1 cm³/mol. The van der Waals surface area contributed by atoms with Crippen LogP contribution in [0.5, 0.6) is 0 Å². The van der Waals surface area contributed by atoms with Gasteiger partial charge in [-0.25, -0.2) is 9.97 Å². The number of halogens is 1. The van der Waals surface area contributed by atoms with Crippen LogP contribution in [0.3, 0.4) is 0 Å². The number of aromatic nitrogens is 2. The van der Waals surface area contributed by atoms with Crippen LogP contribution in [0.2, 0.25) is 5.15 Å². The second-order valence-electron chi connectivity index (χ2n) is 4.26. The van der Waals surface area contributed by atoms with Crippen LogP contribution in [0.1, 0.15) is 31.5 Å². The predicted octanol–water partition coefficient (Wildman–Crippen LogP) is 3.61. The van der Waals surface area contributed by atoms with Gasteiger partial charge in [0.15, 0.2) is 5.82 Å². The molecule has 0 aliphatic carbocycles. The van der Waals surface area contributed by atoms with Crippen molar-refractivity contribution >= 4 is 29.2 Å². The number of anilines is 1. The van der Waals surface area contributed by atoms with E-state index in [-0.39, 0.29) is 0 Å². The number of rotatable bonds is 10. The average molecular weight is 304 g/mol. The molecule has 19 heavy (non-hydrogen) atoms. The Bertz CT molecular complexity index is 366. The number of hydrogen-bond acceptors (Lipinski definition) is 5. The lowest BCUT2D eigenvalue weighted by atomic mass is 10.2. The summed E-state index contributed by atoms with van der Waals surface area (Å²) < 4.78 is 5.01. The third-order valence-corrected chi connectivity index (χ3v) is 3.49. The van der Waals surface area contributed by atoms with Gasteiger partial charge in [-0.15, -0.1) is 0 Å². The van der Waals surface area contributed by atoms with Crippen molar-refractivity contribution in [2.45, 2.75) is 32.3 Å². The summed E-state index contributed by atoms with van der Waals surface area (Å²) in [6, 6.07) is 1.74. The molecule has 0 saturated heterocycles. The molecule has 0 aliphatic heterocycles. The van der Waals surface area contributed by atoms with Crippen molar-refractivity contribution in [1.82, 2.24) is 9.97 Å². The molecule has 0 saturated carbocycles. The molecule has 0 unspecified atom stereocenters. The number of methoxy groups -OCH3 is 1. The third-order valence-electron chi connectivity index (χ3n) is 2.60. The maximum absolute atomic E-state index is 5.93. The van der Waals surface area contributed by atoms with Crippen LogP contribution in [-0.4, -0.2) is 35.6 Å². The maximum Gasteiger partial charge on any atom is 0.158 e. The standard InChI is InChI=1S/C13H22ClN3OS/c1-18-10-13-16-11(14)9-12(17-13)15-7-5-3-4-6-8-19-2/h9H,3-8,10H2,1-2H3,(H,15,16,17). The zero-order valence-corrected chi connectivity index (χ0v) is 13.2.